The SMILES string of the molecule is CC(C)(C)N1CC(CNc2nccc(C3CCCC3)n2)CC1=O. The molecule has 2 fully saturated rings. The lowest BCUT2D eigenvalue weighted by Gasteiger charge is -2.32. The van der Waals surface area contributed by atoms with Gasteiger partial charge in [-0.05, 0) is 39.7 Å². The molecule has 1 amide bonds. The fourth-order valence-electron chi connectivity index (χ4n) is 3.71. The van der Waals surface area contributed by atoms with Gasteiger partial charge in [-0.2, -0.15) is 0 Å². The van der Waals surface area contributed by atoms with Gasteiger partial charge in [0.2, 0.25) is 11.9 Å². The Bertz CT molecular complexity index is 560. The molecule has 1 aliphatic heterocycles. The molecular weight excluding hydrogens is 288 g/mol. The van der Waals surface area contributed by atoms with Gasteiger partial charge in [0, 0.05) is 48.8 Å². The number of amides is 1. The van der Waals surface area contributed by atoms with Crippen LogP contribution >= 0.6 is 0 Å². The van der Waals surface area contributed by atoms with Crippen LogP contribution in [0.5, 0.6) is 0 Å². The third kappa shape index (κ3) is 3.82. The van der Waals surface area contributed by atoms with E-state index in [1.165, 1.54) is 31.4 Å². The number of carbonyl (C=O) groups excluding carboxylic acids is 1. The highest BCUT2D eigenvalue weighted by molar-refractivity contribution is 5.79. The van der Waals surface area contributed by atoms with Crippen molar-refractivity contribution in [3.63, 3.8) is 0 Å². The maximum atomic E-state index is 12.1. The maximum Gasteiger partial charge on any atom is 0.223 e. The summed E-state index contributed by atoms with van der Waals surface area (Å²) in [5.41, 5.74) is 1.07. The number of hydrogen-bond acceptors (Lipinski definition) is 4. The summed E-state index contributed by atoms with van der Waals surface area (Å²) in [5.74, 6) is 1.89. The van der Waals surface area contributed by atoms with E-state index in [0.29, 0.717) is 24.2 Å². The number of likely N-dealkylation sites (tertiary alicyclic amines) is 1. The smallest absolute Gasteiger partial charge is 0.223 e. The third-order valence-corrected chi connectivity index (χ3v) is 5.01. The molecule has 0 spiro atoms. The maximum absolute atomic E-state index is 12.1. The lowest BCUT2D eigenvalue weighted by molar-refractivity contribution is -0.131. The Hall–Kier alpha value is -1.65. The molecule has 1 N–H and O–H groups in total. The summed E-state index contributed by atoms with van der Waals surface area (Å²) >= 11 is 0. The average Bonchev–Trinajstić information content (AvgIpc) is 3.14. The van der Waals surface area contributed by atoms with Crippen molar-refractivity contribution in [3.8, 4) is 0 Å². The van der Waals surface area contributed by atoms with Crippen molar-refractivity contribution in [3.05, 3.63) is 18.0 Å². The van der Waals surface area contributed by atoms with Gasteiger partial charge >= 0.3 is 0 Å². The van der Waals surface area contributed by atoms with E-state index in [0.717, 1.165) is 13.1 Å². The van der Waals surface area contributed by atoms with Gasteiger partial charge in [-0.3, -0.25) is 4.79 Å². The van der Waals surface area contributed by atoms with E-state index in [9.17, 15) is 4.79 Å². The van der Waals surface area contributed by atoms with E-state index in [2.05, 4.69) is 36.1 Å². The summed E-state index contributed by atoms with van der Waals surface area (Å²) in [5, 5.41) is 3.34. The Morgan fingerprint density at radius 3 is 2.70 bits per heavy atom. The molecule has 1 unspecified atom stereocenters. The standard InChI is InChI=1S/C18H28N4O/c1-18(2,3)22-12-13(10-16(22)23)11-20-17-19-9-8-15(21-17)14-6-4-5-7-14/h8-9,13-14H,4-7,10-12H2,1-3H3,(H,19,20,21). The molecule has 0 radical (unpaired) electrons. The highest BCUT2D eigenvalue weighted by Crippen LogP contribution is 2.33. The van der Waals surface area contributed by atoms with Crippen LogP contribution in [0.3, 0.4) is 0 Å². The number of aromatic nitrogens is 2. The van der Waals surface area contributed by atoms with Crippen LogP contribution in [0.25, 0.3) is 0 Å². The van der Waals surface area contributed by atoms with Crippen LogP contribution in [-0.2, 0) is 4.79 Å². The van der Waals surface area contributed by atoms with Crippen molar-refractivity contribution in [1.82, 2.24) is 14.9 Å². The van der Waals surface area contributed by atoms with Gasteiger partial charge in [-0.15, -0.1) is 0 Å². The van der Waals surface area contributed by atoms with Crippen LogP contribution < -0.4 is 5.32 Å². The van der Waals surface area contributed by atoms with Crippen LogP contribution in [0.15, 0.2) is 12.3 Å². The number of hydrogen-bond donors (Lipinski definition) is 1. The number of anilines is 1. The Morgan fingerprint density at radius 1 is 1.30 bits per heavy atom. The molecule has 0 aromatic carbocycles. The number of rotatable bonds is 4. The van der Waals surface area contributed by atoms with Crippen molar-refractivity contribution in [2.24, 2.45) is 5.92 Å². The highest BCUT2D eigenvalue weighted by Gasteiger charge is 2.36. The Labute approximate surface area is 138 Å². The van der Waals surface area contributed by atoms with Gasteiger partial charge in [0.25, 0.3) is 0 Å². The minimum Gasteiger partial charge on any atom is -0.354 e. The summed E-state index contributed by atoms with van der Waals surface area (Å²) in [6, 6.07) is 2.04. The Kier molecular flexibility index (Phi) is 4.55. The average molecular weight is 316 g/mol. The largest absolute Gasteiger partial charge is 0.354 e. The molecule has 1 aliphatic carbocycles. The fourth-order valence-corrected chi connectivity index (χ4v) is 3.71. The first-order valence-electron chi connectivity index (χ1n) is 8.81. The minimum absolute atomic E-state index is 0.0925. The first kappa shape index (κ1) is 16.2. The molecule has 3 rings (SSSR count). The van der Waals surface area contributed by atoms with Crippen LogP contribution in [0.2, 0.25) is 0 Å². The quantitative estimate of drug-likeness (QED) is 0.927. The topological polar surface area (TPSA) is 58.1 Å². The molecular formula is C18H28N4O. The minimum atomic E-state index is -0.0925. The van der Waals surface area contributed by atoms with E-state index in [1.807, 2.05) is 17.2 Å². The first-order valence-corrected chi connectivity index (χ1v) is 8.81. The molecule has 126 valence electrons. The van der Waals surface area contributed by atoms with Crippen LogP contribution in [0, 0.1) is 5.92 Å². The molecule has 23 heavy (non-hydrogen) atoms. The molecule has 1 aromatic rings. The van der Waals surface area contributed by atoms with Gasteiger partial charge < -0.3 is 10.2 Å². The van der Waals surface area contributed by atoms with Gasteiger partial charge in [-0.25, -0.2) is 9.97 Å². The molecule has 1 saturated heterocycles. The van der Waals surface area contributed by atoms with Gasteiger partial charge in [0.05, 0.1) is 0 Å². The number of carbonyl (C=O) groups is 1. The highest BCUT2D eigenvalue weighted by atomic mass is 16.2. The Balaban J connectivity index is 1.57. The van der Waals surface area contributed by atoms with Crippen LogP contribution in [0.1, 0.15) is 64.5 Å². The second-order valence-electron chi connectivity index (χ2n) is 7.91. The zero-order valence-corrected chi connectivity index (χ0v) is 14.5. The van der Waals surface area contributed by atoms with Gasteiger partial charge in [0.15, 0.2) is 0 Å². The number of nitrogens with one attached hydrogen (secondary N) is 1. The lowest BCUT2D eigenvalue weighted by Crippen LogP contribution is -2.42. The molecule has 5 nitrogen and oxygen atoms in total. The van der Waals surface area contributed by atoms with Crippen LogP contribution in [0.4, 0.5) is 5.95 Å². The molecule has 2 aliphatic rings. The fraction of sp³-hybridized carbons (Fsp3) is 0.722. The summed E-state index contributed by atoms with van der Waals surface area (Å²) in [6.07, 6.45) is 7.58. The van der Waals surface area contributed by atoms with Crippen molar-refractivity contribution in [2.75, 3.05) is 18.4 Å². The molecule has 1 aromatic heterocycles. The van der Waals surface area contributed by atoms with Crippen molar-refractivity contribution >= 4 is 11.9 Å². The molecule has 1 atom stereocenters. The zero-order chi connectivity index (χ0) is 16.4. The Morgan fingerprint density at radius 2 is 2.04 bits per heavy atom. The van der Waals surface area contributed by atoms with Gasteiger partial charge in [-0.1, -0.05) is 12.8 Å². The lowest BCUT2D eigenvalue weighted by atomic mass is 10.0. The van der Waals surface area contributed by atoms with E-state index >= 15 is 0 Å². The third-order valence-electron chi connectivity index (χ3n) is 5.01. The molecule has 0 bridgehead atoms. The van der Waals surface area contributed by atoms with E-state index in [-0.39, 0.29) is 11.4 Å². The normalized spacial score (nSPS) is 22.8. The molecule has 2 heterocycles. The molecule has 5 heteroatoms. The van der Waals surface area contributed by atoms with Crippen LogP contribution in [-0.4, -0.2) is 39.4 Å². The summed E-state index contributed by atoms with van der Waals surface area (Å²) < 4.78 is 0. The predicted molar refractivity (Wildman–Crippen MR) is 91.3 cm³/mol. The summed E-state index contributed by atoms with van der Waals surface area (Å²) in [7, 11) is 0. The zero-order valence-electron chi connectivity index (χ0n) is 14.5. The van der Waals surface area contributed by atoms with E-state index < -0.39 is 0 Å². The van der Waals surface area contributed by atoms with Crippen molar-refractivity contribution in [1.29, 1.82) is 0 Å². The summed E-state index contributed by atoms with van der Waals surface area (Å²) in [4.78, 5) is 23.1. The van der Waals surface area contributed by atoms with Gasteiger partial charge in [0.1, 0.15) is 0 Å². The van der Waals surface area contributed by atoms with E-state index in [1.54, 1.807) is 0 Å². The predicted octanol–water partition coefficient (Wildman–Crippen LogP) is 3.19. The second-order valence-corrected chi connectivity index (χ2v) is 7.91. The number of nitrogens with zero attached hydrogens (tertiary/aromatic N) is 3. The monoisotopic (exact) mass is 316 g/mol. The molecule has 1 saturated carbocycles. The second kappa shape index (κ2) is 6.46. The first-order chi connectivity index (χ1) is 10.9. The van der Waals surface area contributed by atoms with Crippen molar-refractivity contribution in [2.45, 2.75) is 64.3 Å². The van der Waals surface area contributed by atoms with Crippen molar-refractivity contribution < 1.29 is 4.79 Å². The van der Waals surface area contributed by atoms with E-state index in [4.69, 9.17) is 0 Å². The summed E-state index contributed by atoms with van der Waals surface area (Å²) in [6.45, 7) is 7.85.